The smallest absolute Gasteiger partial charge is 0.407 e. The van der Waals surface area contributed by atoms with Gasteiger partial charge in [-0.2, -0.15) is 0 Å². The predicted octanol–water partition coefficient (Wildman–Crippen LogP) is -0.416. The Morgan fingerprint density at radius 2 is 1.93 bits per heavy atom. The molecule has 0 heterocycles. The average molecular weight is 217 g/mol. The number of hydrogen-bond donors (Lipinski definition) is 3. The van der Waals surface area contributed by atoms with Gasteiger partial charge in [-0.05, 0) is 27.8 Å². The lowest BCUT2D eigenvalue weighted by Gasteiger charge is -2.20. The summed E-state index contributed by atoms with van der Waals surface area (Å²) >= 11 is 0. The molecule has 0 unspecified atom stereocenters. The third kappa shape index (κ3) is 6.73. The van der Waals surface area contributed by atoms with E-state index in [1.165, 1.54) is 0 Å². The molecule has 0 aliphatic heterocycles. The minimum absolute atomic E-state index is 0.112. The summed E-state index contributed by atoms with van der Waals surface area (Å²) in [7, 11) is 1.59. The Morgan fingerprint density at radius 1 is 1.40 bits per heavy atom. The minimum Gasteiger partial charge on any atom is -0.444 e. The number of likely N-dealkylation sites (N-methyl/N-ethyl adjacent to an activating group) is 1. The van der Waals surface area contributed by atoms with E-state index in [0.717, 1.165) is 0 Å². The van der Waals surface area contributed by atoms with Gasteiger partial charge in [0.05, 0.1) is 0 Å². The van der Waals surface area contributed by atoms with Crippen LogP contribution in [0.15, 0.2) is 0 Å². The molecule has 0 spiro atoms. The molecule has 0 aromatic heterocycles. The molecule has 4 N–H and O–H groups in total. The molecule has 0 aromatic rings. The van der Waals surface area contributed by atoms with Crippen LogP contribution in [-0.4, -0.2) is 37.2 Å². The molecule has 0 radical (unpaired) electrons. The second-order valence-electron chi connectivity index (χ2n) is 4.13. The number of rotatable bonds is 4. The molecule has 0 bridgehead atoms. The molecule has 6 heteroatoms. The Bertz CT molecular complexity index is 235. The second-order valence-corrected chi connectivity index (χ2v) is 4.13. The van der Waals surface area contributed by atoms with Crippen molar-refractivity contribution in [1.29, 1.82) is 0 Å². The van der Waals surface area contributed by atoms with Crippen molar-refractivity contribution in [3.63, 3.8) is 0 Å². The van der Waals surface area contributed by atoms with Gasteiger partial charge in [-0.15, -0.1) is 0 Å². The second kappa shape index (κ2) is 5.55. The Balaban J connectivity index is 3.94. The van der Waals surface area contributed by atoms with Crippen molar-refractivity contribution in [2.75, 3.05) is 13.6 Å². The summed E-state index contributed by atoms with van der Waals surface area (Å²) in [4.78, 5) is 22.0. The van der Waals surface area contributed by atoms with Crippen molar-refractivity contribution >= 4 is 12.0 Å². The van der Waals surface area contributed by atoms with Gasteiger partial charge in [-0.25, -0.2) is 4.79 Å². The van der Waals surface area contributed by atoms with Gasteiger partial charge in [0.25, 0.3) is 0 Å². The van der Waals surface area contributed by atoms with Crippen LogP contribution in [0.2, 0.25) is 0 Å². The molecule has 0 aromatic carbocycles. The highest BCUT2D eigenvalue weighted by Gasteiger charge is 2.18. The summed E-state index contributed by atoms with van der Waals surface area (Å²) in [5, 5.41) is 5.12. The molecule has 1 atom stereocenters. The number of alkyl carbamates (subject to hydrolysis) is 1. The molecular formula is C9H19N3O3. The van der Waals surface area contributed by atoms with E-state index in [2.05, 4.69) is 10.6 Å². The maximum atomic E-state index is 11.2. The van der Waals surface area contributed by atoms with Gasteiger partial charge in [-0.3, -0.25) is 4.79 Å². The highest BCUT2D eigenvalue weighted by atomic mass is 16.6. The highest BCUT2D eigenvalue weighted by molar-refractivity contribution is 5.80. The van der Waals surface area contributed by atoms with Gasteiger partial charge < -0.3 is 21.1 Å². The molecule has 6 nitrogen and oxygen atoms in total. The molecule has 0 aliphatic carbocycles. The Labute approximate surface area is 89.5 Å². The van der Waals surface area contributed by atoms with Crippen molar-refractivity contribution in [3.05, 3.63) is 0 Å². The van der Waals surface area contributed by atoms with Gasteiger partial charge in [0.2, 0.25) is 5.91 Å². The third-order valence-electron chi connectivity index (χ3n) is 1.54. The lowest BCUT2D eigenvalue weighted by Crippen LogP contribution is -2.48. The number of ether oxygens (including phenoxy) is 1. The van der Waals surface area contributed by atoms with Crippen molar-refractivity contribution < 1.29 is 14.3 Å². The SMILES string of the molecule is CN[C@@H](CNC(=O)OC(C)(C)C)C(N)=O. The first-order chi connectivity index (χ1) is 6.76. The number of primary amides is 1. The molecule has 0 saturated carbocycles. The lowest BCUT2D eigenvalue weighted by molar-refractivity contribution is -0.119. The van der Waals surface area contributed by atoms with E-state index in [4.69, 9.17) is 10.5 Å². The van der Waals surface area contributed by atoms with Crippen molar-refractivity contribution in [2.24, 2.45) is 5.73 Å². The summed E-state index contributed by atoms with van der Waals surface area (Å²) in [5.74, 6) is -0.520. The predicted molar refractivity (Wildman–Crippen MR) is 56.3 cm³/mol. The van der Waals surface area contributed by atoms with E-state index in [1.54, 1.807) is 27.8 Å². The van der Waals surface area contributed by atoms with Crippen LogP contribution in [0.4, 0.5) is 4.79 Å². The van der Waals surface area contributed by atoms with Crippen LogP contribution in [-0.2, 0) is 9.53 Å². The van der Waals surface area contributed by atoms with Crippen LogP contribution in [0.25, 0.3) is 0 Å². The van der Waals surface area contributed by atoms with E-state index in [0.29, 0.717) is 0 Å². The fourth-order valence-electron chi connectivity index (χ4n) is 0.844. The van der Waals surface area contributed by atoms with E-state index in [1.807, 2.05) is 0 Å². The molecule has 2 amide bonds. The van der Waals surface area contributed by atoms with Crippen LogP contribution in [0.1, 0.15) is 20.8 Å². The van der Waals surface area contributed by atoms with Crippen LogP contribution >= 0.6 is 0 Å². The highest BCUT2D eigenvalue weighted by Crippen LogP contribution is 2.06. The summed E-state index contributed by atoms with van der Waals surface area (Å²) in [6.07, 6.45) is -0.566. The number of amides is 2. The fraction of sp³-hybridized carbons (Fsp3) is 0.778. The molecule has 15 heavy (non-hydrogen) atoms. The molecule has 88 valence electrons. The van der Waals surface area contributed by atoms with Crippen molar-refractivity contribution in [1.82, 2.24) is 10.6 Å². The maximum absolute atomic E-state index is 11.2. The molecule has 0 aliphatic rings. The maximum Gasteiger partial charge on any atom is 0.407 e. The van der Waals surface area contributed by atoms with E-state index >= 15 is 0 Å². The van der Waals surface area contributed by atoms with E-state index in [9.17, 15) is 9.59 Å². The Hall–Kier alpha value is -1.30. The summed E-state index contributed by atoms with van der Waals surface area (Å²) in [6, 6.07) is -0.586. The van der Waals surface area contributed by atoms with Crippen molar-refractivity contribution in [3.8, 4) is 0 Å². The first-order valence-corrected chi connectivity index (χ1v) is 4.69. The zero-order valence-corrected chi connectivity index (χ0v) is 9.59. The zero-order chi connectivity index (χ0) is 12.1. The number of carbonyl (C=O) groups excluding carboxylic acids is 2. The van der Waals surface area contributed by atoms with Crippen molar-refractivity contribution in [2.45, 2.75) is 32.4 Å². The number of nitrogens with one attached hydrogen (secondary N) is 2. The first kappa shape index (κ1) is 13.7. The van der Waals surface area contributed by atoms with Crippen LogP contribution in [0.3, 0.4) is 0 Å². The van der Waals surface area contributed by atoms with E-state index in [-0.39, 0.29) is 6.54 Å². The molecule has 0 fully saturated rings. The average Bonchev–Trinajstić information content (AvgIpc) is 2.01. The van der Waals surface area contributed by atoms with Gasteiger partial charge >= 0.3 is 6.09 Å². The monoisotopic (exact) mass is 217 g/mol. The lowest BCUT2D eigenvalue weighted by atomic mass is 10.2. The van der Waals surface area contributed by atoms with Crippen LogP contribution in [0.5, 0.6) is 0 Å². The summed E-state index contributed by atoms with van der Waals surface area (Å²) < 4.78 is 4.98. The molecular weight excluding hydrogens is 198 g/mol. The zero-order valence-electron chi connectivity index (χ0n) is 9.59. The quantitative estimate of drug-likeness (QED) is 0.596. The number of nitrogens with two attached hydrogens (primary N) is 1. The summed E-state index contributed by atoms with van der Waals surface area (Å²) in [6.45, 7) is 5.39. The van der Waals surface area contributed by atoms with Gasteiger partial charge in [0, 0.05) is 6.54 Å². The Morgan fingerprint density at radius 3 is 2.27 bits per heavy atom. The topological polar surface area (TPSA) is 93.4 Å². The van der Waals surface area contributed by atoms with Gasteiger partial charge in [0.15, 0.2) is 0 Å². The largest absolute Gasteiger partial charge is 0.444 e. The fourth-order valence-corrected chi connectivity index (χ4v) is 0.844. The summed E-state index contributed by atoms with van der Waals surface area (Å²) in [5.41, 5.74) is 4.52. The van der Waals surface area contributed by atoms with Gasteiger partial charge in [0.1, 0.15) is 11.6 Å². The number of carbonyl (C=O) groups is 2. The van der Waals surface area contributed by atoms with Crippen LogP contribution in [0, 0.1) is 0 Å². The number of hydrogen-bond acceptors (Lipinski definition) is 4. The van der Waals surface area contributed by atoms with Crippen LogP contribution < -0.4 is 16.4 Å². The third-order valence-corrected chi connectivity index (χ3v) is 1.54. The molecule has 0 saturated heterocycles. The Kier molecular flexibility index (Phi) is 5.07. The van der Waals surface area contributed by atoms with Gasteiger partial charge in [-0.1, -0.05) is 0 Å². The minimum atomic E-state index is -0.586. The molecule has 0 rings (SSSR count). The van der Waals surface area contributed by atoms with E-state index < -0.39 is 23.6 Å². The standard InChI is InChI=1S/C9H19N3O3/c1-9(2,3)15-8(14)12-5-6(11-4)7(10)13/h6,11H,5H2,1-4H3,(H2,10,13)(H,12,14)/t6-/m0/s1. The normalized spacial score (nSPS) is 13.1. The first-order valence-electron chi connectivity index (χ1n) is 4.69.